The summed E-state index contributed by atoms with van der Waals surface area (Å²) in [5, 5.41) is 12.0. The third-order valence-electron chi connectivity index (χ3n) is 3.59. The number of hydrogen-bond donors (Lipinski definition) is 2. The lowest BCUT2D eigenvalue weighted by Gasteiger charge is -2.16. The van der Waals surface area contributed by atoms with Gasteiger partial charge in [0.2, 0.25) is 0 Å². The topological polar surface area (TPSA) is 84.9 Å². The lowest BCUT2D eigenvalue weighted by Crippen LogP contribution is -2.42. The Bertz CT molecular complexity index is 600. The number of carboxylic acid groups (broad SMARTS) is 1. The first-order valence-corrected chi connectivity index (χ1v) is 7.89. The van der Waals surface area contributed by atoms with Gasteiger partial charge in [-0.15, -0.1) is 0 Å². The van der Waals surface area contributed by atoms with Gasteiger partial charge in [0.25, 0.3) is 5.91 Å². The van der Waals surface area contributed by atoms with Gasteiger partial charge in [-0.05, 0) is 37.3 Å². The zero-order valence-corrected chi connectivity index (χ0v) is 13.9. The SMILES string of the molecule is CCCOc1c(Cl)cc(C(=O)NC(C(=O)O)C2CC2)cc1OC. The zero-order valence-electron chi connectivity index (χ0n) is 13.1. The Hall–Kier alpha value is -1.95. The number of aliphatic carboxylic acids is 1. The second kappa shape index (κ2) is 7.55. The molecule has 0 radical (unpaired) electrons. The molecule has 1 aromatic rings. The zero-order chi connectivity index (χ0) is 17.0. The molecule has 6 nitrogen and oxygen atoms in total. The van der Waals surface area contributed by atoms with Gasteiger partial charge in [-0.25, -0.2) is 4.79 Å². The van der Waals surface area contributed by atoms with Gasteiger partial charge in [0.1, 0.15) is 6.04 Å². The molecule has 7 heteroatoms. The number of methoxy groups -OCH3 is 1. The number of hydrogen-bond acceptors (Lipinski definition) is 4. The number of nitrogens with one attached hydrogen (secondary N) is 1. The Labute approximate surface area is 139 Å². The van der Waals surface area contributed by atoms with Crippen molar-refractivity contribution in [3.8, 4) is 11.5 Å². The van der Waals surface area contributed by atoms with Crippen LogP contribution in [0, 0.1) is 5.92 Å². The van der Waals surface area contributed by atoms with Crippen LogP contribution in [0.3, 0.4) is 0 Å². The number of carboxylic acids is 1. The molecule has 0 spiro atoms. The Morgan fingerprint density at radius 2 is 2.13 bits per heavy atom. The van der Waals surface area contributed by atoms with E-state index in [9.17, 15) is 14.7 Å². The van der Waals surface area contributed by atoms with Crippen LogP contribution in [0.1, 0.15) is 36.5 Å². The summed E-state index contributed by atoms with van der Waals surface area (Å²) in [7, 11) is 1.45. The van der Waals surface area contributed by atoms with Crippen LogP contribution in [-0.4, -0.2) is 36.7 Å². The highest BCUT2D eigenvalue weighted by Crippen LogP contribution is 2.37. The second-order valence-electron chi connectivity index (χ2n) is 5.46. The maximum absolute atomic E-state index is 12.3. The molecule has 0 aliphatic heterocycles. The molecular formula is C16H20ClNO5. The van der Waals surface area contributed by atoms with Crippen molar-refractivity contribution in [3.63, 3.8) is 0 Å². The summed E-state index contributed by atoms with van der Waals surface area (Å²) in [4.78, 5) is 23.5. The predicted molar refractivity (Wildman–Crippen MR) is 85.4 cm³/mol. The van der Waals surface area contributed by atoms with Crippen LogP contribution in [0.25, 0.3) is 0 Å². The molecule has 23 heavy (non-hydrogen) atoms. The summed E-state index contributed by atoms with van der Waals surface area (Å²) in [6.45, 7) is 2.44. The summed E-state index contributed by atoms with van der Waals surface area (Å²) in [6.07, 6.45) is 2.43. The summed E-state index contributed by atoms with van der Waals surface area (Å²) in [5.41, 5.74) is 0.239. The number of amides is 1. The quantitative estimate of drug-likeness (QED) is 0.759. The van der Waals surface area contributed by atoms with E-state index in [-0.39, 0.29) is 16.5 Å². The molecule has 0 saturated heterocycles. The van der Waals surface area contributed by atoms with E-state index < -0.39 is 17.9 Å². The normalized spacial score (nSPS) is 14.9. The molecule has 2 rings (SSSR count). The van der Waals surface area contributed by atoms with Crippen molar-refractivity contribution >= 4 is 23.5 Å². The predicted octanol–water partition coefficient (Wildman–Crippen LogP) is 2.73. The van der Waals surface area contributed by atoms with E-state index in [0.29, 0.717) is 18.1 Å². The number of halogens is 1. The minimum atomic E-state index is -1.03. The summed E-state index contributed by atoms with van der Waals surface area (Å²) in [6, 6.07) is 2.08. The first-order valence-electron chi connectivity index (χ1n) is 7.51. The molecule has 1 aromatic carbocycles. The van der Waals surface area contributed by atoms with E-state index in [0.717, 1.165) is 19.3 Å². The standard InChI is InChI=1S/C16H20ClNO5/c1-3-6-23-14-11(17)7-10(8-12(14)22-2)15(19)18-13(16(20)21)9-4-5-9/h7-9,13H,3-6H2,1-2H3,(H,18,19)(H,20,21). The Morgan fingerprint density at radius 3 is 2.65 bits per heavy atom. The van der Waals surface area contributed by atoms with Crippen LogP contribution >= 0.6 is 11.6 Å². The lowest BCUT2D eigenvalue weighted by atomic mass is 10.1. The van der Waals surface area contributed by atoms with Gasteiger partial charge in [-0.2, -0.15) is 0 Å². The molecule has 0 bridgehead atoms. The van der Waals surface area contributed by atoms with Gasteiger partial charge < -0.3 is 19.9 Å². The van der Waals surface area contributed by atoms with Gasteiger partial charge in [-0.3, -0.25) is 4.79 Å². The summed E-state index contributed by atoms with van der Waals surface area (Å²) in [5.74, 6) is -0.798. The van der Waals surface area contributed by atoms with Gasteiger partial charge in [0, 0.05) is 5.56 Å². The summed E-state index contributed by atoms with van der Waals surface area (Å²) < 4.78 is 10.7. The molecule has 1 aliphatic rings. The molecule has 1 atom stereocenters. The fourth-order valence-corrected chi connectivity index (χ4v) is 2.50. The van der Waals surface area contributed by atoms with Crippen LogP contribution in [0.15, 0.2) is 12.1 Å². The Morgan fingerprint density at radius 1 is 1.43 bits per heavy atom. The minimum Gasteiger partial charge on any atom is -0.493 e. The first-order chi connectivity index (χ1) is 11.0. The number of rotatable bonds is 8. The molecular weight excluding hydrogens is 322 g/mol. The van der Waals surface area contributed by atoms with Gasteiger partial charge >= 0.3 is 5.97 Å². The van der Waals surface area contributed by atoms with E-state index in [1.165, 1.54) is 19.2 Å². The Balaban J connectivity index is 2.19. The van der Waals surface area contributed by atoms with Gasteiger partial charge in [-0.1, -0.05) is 18.5 Å². The van der Waals surface area contributed by atoms with Crippen molar-refractivity contribution in [1.29, 1.82) is 0 Å². The fourth-order valence-electron chi connectivity index (χ4n) is 2.23. The number of benzene rings is 1. The van der Waals surface area contributed by atoms with Crippen molar-refractivity contribution in [2.75, 3.05) is 13.7 Å². The maximum Gasteiger partial charge on any atom is 0.326 e. The molecule has 0 aromatic heterocycles. The van der Waals surface area contributed by atoms with Crippen LogP contribution < -0.4 is 14.8 Å². The summed E-state index contributed by atoms with van der Waals surface area (Å²) >= 11 is 6.17. The number of carbonyl (C=O) groups is 2. The van der Waals surface area contributed by atoms with Crippen LogP contribution in [-0.2, 0) is 4.79 Å². The smallest absolute Gasteiger partial charge is 0.326 e. The highest BCUT2D eigenvalue weighted by atomic mass is 35.5. The average Bonchev–Trinajstić information content (AvgIpc) is 3.34. The highest BCUT2D eigenvalue weighted by Gasteiger charge is 2.37. The third kappa shape index (κ3) is 4.28. The van der Waals surface area contributed by atoms with Crippen LogP contribution in [0.4, 0.5) is 0 Å². The Kier molecular flexibility index (Phi) is 5.71. The largest absolute Gasteiger partial charge is 0.493 e. The van der Waals surface area contributed by atoms with E-state index in [2.05, 4.69) is 5.32 Å². The van der Waals surface area contributed by atoms with Crippen molar-refractivity contribution in [2.24, 2.45) is 5.92 Å². The molecule has 2 N–H and O–H groups in total. The molecule has 0 heterocycles. The monoisotopic (exact) mass is 341 g/mol. The number of carbonyl (C=O) groups excluding carboxylic acids is 1. The van der Waals surface area contributed by atoms with Crippen molar-refractivity contribution in [3.05, 3.63) is 22.7 Å². The molecule has 1 saturated carbocycles. The molecule has 1 fully saturated rings. The number of ether oxygens (including phenoxy) is 2. The van der Waals surface area contributed by atoms with E-state index >= 15 is 0 Å². The molecule has 1 unspecified atom stereocenters. The van der Waals surface area contributed by atoms with E-state index in [1.807, 2.05) is 6.92 Å². The van der Waals surface area contributed by atoms with E-state index in [1.54, 1.807) is 0 Å². The van der Waals surface area contributed by atoms with E-state index in [4.69, 9.17) is 21.1 Å². The highest BCUT2D eigenvalue weighted by molar-refractivity contribution is 6.32. The van der Waals surface area contributed by atoms with Gasteiger partial charge in [0.15, 0.2) is 11.5 Å². The van der Waals surface area contributed by atoms with Crippen LogP contribution in [0.2, 0.25) is 5.02 Å². The average molecular weight is 342 g/mol. The minimum absolute atomic E-state index is 0.000906. The second-order valence-corrected chi connectivity index (χ2v) is 5.87. The molecule has 126 valence electrons. The fraction of sp³-hybridized carbons (Fsp3) is 0.500. The third-order valence-corrected chi connectivity index (χ3v) is 3.87. The maximum atomic E-state index is 12.3. The van der Waals surface area contributed by atoms with Crippen molar-refractivity contribution < 1.29 is 24.2 Å². The molecule has 1 amide bonds. The van der Waals surface area contributed by atoms with Crippen LogP contribution in [0.5, 0.6) is 11.5 Å². The van der Waals surface area contributed by atoms with Crippen molar-refractivity contribution in [2.45, 2.75) is 32.2 Å². The van der Waals surface area contributed by atoms with Crippen molar-refractivity contribution in [1.82, 2.24) is 5.32 Å². The van der Waals surface area contributed by atoms with Gasteiger partial charge in [0.05, 0.1) is 18.7 Å². The molecule has 1 aliphatic carbocycles. The first kappa shape index (κ1) is 17.4. The lowest BCUT2D eigenvalue weighted by molar-refractivity contribution is -0.139.